The van der Waals surface area contributed by atoms with Crippen LogP contribution in [-0.4, -0.2) is 37.6 Å². The third-order valence-electron chi connectivity index (χ3n) is 4.58. The lowest BCUT2D eigenvalue weighted by Crippen LogP contribution is -2.36. The van der Waals surface area contributed by atoms with Gasteiger partial charge >= 0.3 is 0 Å². The Morgan fingerprint density at radius 3 is 2.80 bits per heavy atom. The van der Waals surface area contributed by atoms with Gasteiger partial charge in [-0.3, -0.25) is 4.98 Å². The van der Waals surface area contributed by atoms with E-state index in [1.807, 2.05) is 36.9 Å². The molecule has 25 heavy (non-hydrogen) atoms. The summed E-state index contributed by atoms with van der Waals surface area (Å²) in [7, 11) is 0. The molecule has 7 nitrogen and oxygen atoms in total. The Hall–Kier alpha value is -2.96. The Kier molecular flexibility index (Phi) is 4.28. The van der Waals surface area contributed by atoms with E-state index in [1.54, 1.807) is 12.3 Å². The van der Waals surface area contributed by atoms with E-state index >= 15 is 0 Å². The van der Waals surface area contributed by atoms with E-state index in [0.717, 1.165) is 38.3 Å². The summed E-state index contributed by atoms with van der Waals surface area (Å²) in [6.45, 7) is 2.62. The van der Waals surface area contributed by atoms with Crippen molar-refractivity contribution in [3.05, 3.63) is 60.6 Å². The highest BCUT2D eigenvalue weighted by atomic mass is 15.3. The molecule has 0 aromatic carbocycles. The highest BCUT2D eigenvalue weighted by molar-refractivity contribution is 5.38. The first-order valence-corrected chi connectivity index (χ1v) is 8.53. The molecule has 1 aliphatic heterocycles. The van der Waals surface area contributed by atoms with Crippen molar-refractivity contribution >= 4 is 11.8 Å². The summed E-state index contributed by atoms with van der Waals surface area (Å²) < 4.78 is 2.23. The van der Waals surface area contributed by atoms with Gasteiger partial charge in [-0.1, -0.05) is 0 Å². The zero-order valence-electron chi connectivity index (χ0n) is 14.0. The third-order valence-corrected chi connectivity index (χ3v) is 4.58. The summed E-state index contributed by atoms with van der Waals surface area (Å²) in [5, 5.41) is 0. The molecule has 2 N–H and O–H groups in total. The largest absolute Gasteiger partial charge is 0.384 e. The number of nitrogens with two attached hydrogens (primary N) is 1. The Labute approximate surface area is 146 Å². The van der Waals surface area contributed by atoms with Crippen molar-refractivity contribution in [3.8, 4) is 0 Å². The van der Waals surface area contributed by atoms with Gasteiger partial charge in [0.1, 0.15) is 11.6 Å². The number of piperidine rings is 1. The van der Waals surface area contributed by atoms with E-state index in [4.69, 9.17) is 5.73 Å². The molecule has 4 heterocycles. The standard InChI is InChI=1S/C18H21N7/c19-16-5-8-22-18(23-16)25-10-1-2-15(13-25)17-21-9-11-24(17)12-14-3-6-20-7-4-14/h3-9,11,15H,1-2,10,12-13H2,(H2,19,22,23)/t15-/m1/s1. The predicted molar refractivity (Wildman–Crippen MR) is 96.2 cm³/mol. The van der Waals surface area contributed by atoms with Gasteiger partial charge in [0.05, 0.1) is 0 Å². The lowest BCUT2D eigenvalue weighted by molar-refractivity contribution is 0.471. The maximum atomic E-state index is 5.81. The fourth-order valence-electron chi connectivity index (χ4n) is 3.38. The molecule has 0 unspecified atom stereocenters. The van der Waals surface area contributed by atoms with Crippen LogP contribution in [0.25, 0.3) is 0 Å². The number of imidazole rings is 1. The lowest BCUT2D eigenvalue weighted by Gasteiger charge is -2.32. The molecule has 1 fully saturated rings. The van der Waals surface area contributed by atoms with Crippen molar-refractivity contribution in [1.29, 1.82) is 0 Å². The summed E-state index contributed by atoms with van der Waals surface area (Å²) in [5.41, 5.74) is 7.03. The molecule has 0 spiro atoms. The van der Waals surface area contributed by atoms with Gasteiger partial charge in [-0.2, -0.15) is 4.98 Å². The van der Waals surface area contributed by atoms with E-state index < -0.39 is 0 Å². The maximum absolute atomic E-state index is 5.81. The minimum Gasteiger partial charge on any atom is -0.384 e. The van der Waals surface area contributed by atoms with Crippen molar-refractivity contribution in [2.45, 2.75) is 25.3 Å². The van der Waals surface area contributed by atoms with Gasteiger partial charge in [-0.25, -0.2) is 9.97 Å². The summed E-state index contributed by atoms with van der Waals surface area (Å²) in [5.74, 6) is 2.68. The van der Waals surface area contributed by atoms with Crippen molar-refractivity contribution < 1.29 is 0 Å². The molecular formula is C18H21N7. The Bertz CT molecular complexity index is 830. The fraction of sp³-hybridized carbons (Fsp3) is 0.333. The molecule has 7 heteroatoms. The summed E-state index contributed by atoms with van der Waals surface area (Å²) in [6.07, 6.45) is 11.5. The highest BCUT2D eigenvalue weighted by Gasteiger charge is 2.26. The first kappa shape index (κ1) is 15.6. The number of anilines is 2. The minimum atomic E-state index is 0.357. The van der Waals surface area contributed by atoms with Gasteiger partial charge in [0.15, 0.2) is 0 Å². The van der Waals surface area contributed by atoms with Crippen LogP contribution < -0.4 is 10.6 Å². The number of rotatable bonds is 4. The zero-order chi connectivity index (χ0) is 17.1. The van der Waals surface area contributed by atoms with Gasteiger partial charge in [0.25, 0.3) is 0 Å². The minimum absolute atomic E-state index is 0.357. The third kappa shape index (κ3) is 3.45. The molecule has 3 aromatic heterocycles. The van der Waals surface area contributed by atoms with E-state index in [0.29, 0.717) is 17.7 Å². The number of hydrogen-bond donors (Lipinski definition) is 1. The van der Waals surface area contributed by atoms with Crippen molar-refractivity contribution in [3.63, 3.8) is 0 Å². The average molecular weight is 335 g/mol. The number of nitrogens with zero attached hydrogens (tertiary/aromatic N) is 6. The van der Waals surface area contributed by atoms with Crippen LogP contribution in [0.4, 0.5) is 11.8 Å². The molecule has 128 valence electrons. The summed E-state index contributed by atoms with van der Waals surface area (Å²) in [4.78, 5) is 19.7. The number of nitrogen functional groups attached to an aromatic ring is 1. The van der Waals surface area contributed by atoms with Crippen LogP contribution in [0, 0.1) is 0 Å². The van der Waals surface area contributed by atoms with Crippen LogP contribution in [0.1, 0.15) is 30.1 Å². The Balaban J connectivity index is 1.53. The SMILES string of the molecule is Nc1ccnc(N2CCC[C@@H](c3nccn3Cc3ccncc3)C2)n1. The molecule has 0 aliphatic carbocycles. The number of hydrogen-bond acceptors (Lipinski definition) is 6. The van der Waals surface area contributed by atoms with Crippen molar-refractivity contribution in [1.82, 2.24) is 24.5 Å². The van der Waals surface area contributed by atoms with Crippen molar-refractivity contribution in [2.75, 3.05) is 23.7 Å². The molecule has 1 atom stereocenters. The second-order valence-electron chi connectivity index (χ2n) is 6.34. The second-order valence-corrected chi connectivity index (χ2v) is 6.34. The van der Waals surface area contributed by atoms with Crippen LogP contribution >= 0.6 is 0 Å². The number of pyridine rings is 1. The summed E-state index contributed by atoms with van der Waals surface area (Å²) >= 11 is 0. The predicted octanol–water partition coefficient (Wildman–Crippen LogP) is 2.08. The van der Waals surface area contributed by atoms with Crippen LogP contribution in [-0.2, 0) is 6.54 Å². The van der Waals surface area contributed by atoms with Gasteiger partial charge in [0.2, 0.25) is 5.95 Å². The van der Waals surface area contributed by atoms with Crippen LogP contribution in [0.15, 0.2) is 49.2 Å². The molecule has 0 bridgehead atoms. The lowest BCUT2D eigenvalue weighted by atomic mass is 9.97. The molecular weight excluding hydrogens is 314 g/mol. The second kappa shape index (κ2) is 6.88. The maximum Gasteiger partial charge on any atom is 0.227 e. The summed E-state index contributed by atoms with van der Waals surface area (Å²) in [6, 6.07) is 5.79. The van der Waals surface area contributed by atoms with Crippen LogP contribution in [0.2, 0.25) is 0 Å². The molecule has 4 rings (SSSR count). The average Bonchev–Trinajstić information content (AvgIpc) is 3.11. The van der Waals surface area contributed by atoms with Gasteiger partial charge in [-0.05, 0) is 36.6 Å². The molecule has 1 saturated heterocycles. The van der Waals surface area contributed by atoms with Gasteiger partial charge in [0, 0.05) is 56.5 Å². The highest BCUT2D eigenvalue weighted by Crippen LogP contribution is 2.28. The Morgan fingerprint density at radius 1 is 1.08 bits per heavy atom. The van der Waals surface area contributed by atoms with Gasteiger partial charge in [-0.15, -0.1) is 0 Å². The normalized spacial score (nSPS) is 17.6. The van der Waals surface area contributed by atoms with Crippen molar-refractivity contribution in [2.24, 2.45) is 0 Å². The van der Waals surface area contributed by atoms with Gasteiger partial charge < -0.3 is 15.2 Å². The van der Waals surface area contributed by atoms with E-state index in [2.05, 4.69) is 29.4 Å². The van der Waals surface area contributed by atoms with E-state index in [9.17, 15) is 0 Å². The topological polar surface area (TPSA) is 85.8 Å². The quantitative estimate of drug-likeness (QED) is 0.786. The fourth-order valence-corrected chi connectivity index (χ4v) is 3.38. The smallest absolute Gasteiger partial charge is 0.227 e. The Morgan fingerprint density at radius 2 is 1.96 bits per heavy atom. The molecule has 3 aromatic rings. The number of aromatic nitrogens is 5. The molecule has 1 aliphatic rings. The van der Waals surface area contributed by atoms with E-state index in [1.165, 1.54) is 5.56 Å². The van der Waals surface area contributed by atoms with Crippen LogP contribution in [0.3, 0.4) is 0 Å². The monoisotopic (exact) mass is 335 g/mol. The van der Waals surface area contributed by atoms with E-state index in [-0.39, 0.29) is 0 Å². The molecule has 0 amide bonds. The first-order valence-electron chi connectivity index (χ1n) is 8.53. The first-order chi connectivity index (χ1) is 12.3. The zero-order valence-corrected chi connectivity index (χ0v) is 14.0. The molecule has 0 saturated carbocycles. The van der Waals surface area contributed by atoms with Crippen LogP contribution in [0.5, 0.6) is 0 Å². The molecule has 0 radical (unpaired) electrons.